The molecule has 27 heavy (non-hydrogen) atoms. The minimum Gasteiger partial charge on any atom is -0.346 e. The van der Waals surface area contributed by atoms with Crippen molar-refractivity contribution in [2.75, 3.05) is 0 Å². The Morgan fingerprint density at radius 3 is 2.44 bits per heavy atom. The summed E-state index contributed by atoms with van der Waals surface area (Å²) in [5.41, 5.74) is 2.44. The number of amides is 1. The maximum absolute atomic E-state index is 12.7. The zero-order chi connectivity index (χ0) is 19.6. The van der Waals surface area contributed by atoms with Crippen molar-refractivity contribution in [2.24, 2.45) is 0 Å². The van der Waals surface area contributed by atoms with Crippen LogP contribution < -0.4 is 10.0 Å². The average molecular weight is 383 g/mol. The Morgan fingerprint density at radius 2 is 1.85 bits per heavy atom. The summed E-state index contributed by atoms with van der Waals surface area (Å²) < 4.78 is 27.4. The van der Waals surface area contributed by atoms with Crippen molar-refractivity contribution in [1.82, 2.24) is 10.0 Å². The maximum Gasteiger partial charge on any atom is 0.252 e. The molecule has 0 aromatic heterocycles. The highest BCUT2D eigenvalue weighted by Gasteiger charge is 2.28. The number of nitrogens with one attached hydrogen (secondary N) is 2. The minimum absolute atomic E-state index is 0.00461. The standard InChI is InChI=1S/C20H21N3O3S/c1-13-3-10-18(27(25,26)23-17-8-9-17)11-19(13)20(24)22-14(2)16-6-4-15(12-21)5-7-16/h3-7,10-11,14,17,23H,8-9H2,1-2H3,(H,22,24). The number of hydrogen-bond acceptors (Lipinski definition) is 4. The van der Waals surface area contributed by atoms with Crippen molar-refractivity contribution in [3.8, 4) is 6.07 Å². The van der Waals surface area contributed by atoms with Gasteiger partial charge in [-0.05, 0) is 62.1 Å². The fourth-order valence-electron chi connectivity index (χ4n) is 2.71. The van der Waals surface area contributed by atoms with Crippen LogP contribution in [0.25, 0.3) is 0 Å². The van der Waals surface area contributed by atoms with E-state index in [4.69, 9.17) is 5.26 Å². The first-order valence-corrected chi connectivity index (χ1v) is 10.2. The molecular formula is C20H21N3O3S. The van der Waals surface area contributed by atoms with Gasteiger partial charge in [0.1, 0.15) is 0 Å². The number of sulfonamides is 1. The van der Waals surface area contributed by atoms with Crippen LogP contribution in [0.5, 0.6) is 0 Å². The summed E-state index contributed by atoms with van der Waals surface area (Å²) in [5.74, 6) is -0.340. The second-order valence-corrected chi connectivity index (χ2v) is 8.52. The van der Waals surface area contributed by atoms with Gasteiger partial charge >= 0.3 is 0 Å². The van der Waals surface area contributed by atoms with E-state index in [9.17, 15) is 13.2 Å². The van der Waals surface area contributed by atoms with Crippen molar-refractivity contribution in [3.63, 3.8) is 0 Å². The highest BCUT2D eigenvalue weighted by atomic mass is 32.2. The van der Waals surface area contributed by atoms with Gasteiger partial charge in [0.2, 0.25) is 10.0 Å². The molecule has 6 nitrogen and oxygen atoms in total. The molecule has 0 spiro atoms. The van der Waals surface area contributed by atoms with Gasteiger partial charge in [0.05, 0.1) is 22.6 Å². The zero-order valence-corrected chi connectivity index (χ0v) is 16.0. The van der Waals surface area contributed by atoms with Gasteiger partial charge in [0, 0.05) is 11.6 Å². The van der Waals surface area contributed by atoms with E-state index in [1.807, 2.05) is 6.92 Å². The normalized spacial score (nSPS) is 15.0. The molecule has 0 saturated heterocycles. The van der Waals surface area contributed by atoms with E-state index in [1.165, 1.54) is 12.1 Å². The van der Waals surface area contributed by atoms with Gasteiger partial charge < -0.3 is 5.32 Å². The highest BCUT2D eigenvalue weighted by Crippen LogP contribution is 2.23. The van der Waals surface area contributed by atoms with Crippen molar-refractivity contribution >= 4 is 15.9 Å². The predicted molar refractivity (Wildman–Crippen MR) is 102 cm³/mol. The Labute approximate surface area is 159 Å². The number of carbonyl (C=O) groups excluding carboxylic acids is 1. The quantitative estimate of drug-likeness (QED) is 0.801. The maximum atomic E-state index is 12.7. The number of hydrogen-bond donors (Lipinski definition) is 2. The molecule has 1 fully saturated rings. The smallest absolute Gasteiger partial charge is 0.252 e. The molecule has 140 valence electrons. The minimum atomic E-state index is -3.62. The van der Waals surface area contributed by atoms with Gasteiger partial charge in [0.25, 0.3) is 5.91 Å². The first-order valence-electron chi connectivity index (χ1n) is 8.74. The number of aryl methyl sites for hydroxylation is 1. The van der Waals surface area contributed by atoms with Crippen molar-refractivity contribution in [2.45, 2.75) is 43.7 Å². The molecule has 2 N–H and O–H groups in total. The first-order chi connectivity index (χ1) is 12.8. The number of nitrogens with zero attached hydrogens (tertiary/aromatic N) is 1. The molecule has 1 atom stereocenters. The summed E-state index contributed by atoms with van der Waals surface area (Å²) in [6.07, 6.45) is 1.70. The molecule has 1 saturated carbocycles. The summed E-state index contributed by atoms with van der Waals surface area (Å²) in [5, 5.41) is 11.8. The summed E-state index contributed by atoms with van der Waals surface area (Å²) in [6, 6.07) is 13.3. The van der Waals surface area contributed by atoms with Crippen LogP contribution in [-0.2, 0) is 10.0 Å². The Kier molecular flexibility index (Phi) is 5.31. The number of benzene rings is 2. The van der Waals surface area contributed by atoms with E-state index in [-0.39, 0.29) is 22.9 Å². The van der Waals surface area contributed by atoms with Gasteiger partial charge in [-0.2, -0.15) is 5.26 Å². The molecule has 2 aromatic carbocycles. The summed E-state index contributed by atoms with van der Waals surface area (Å²) in [6.45, 7) is 3.61. The lowest BCUT2D eigenvalue weighted by Gasteiger charge is -2.16. The fourth-order valence-corrected chi connectivity index (χ4v) is 4.04. The number of rotatable bonds is 6. The van der Waals surface area contributed by atoms with Crippen LogP contribution in [0.2, 0.25) is 0 Å². The molecule has 7 heteroatoms. The summed E-state index contributed by atoms with van der Waals surface area (Å²) in [7, 11) is -3.62. The van der Waals surface area contributed by atoms with E-state index in [2.05, 4.69) is 16.1 Å². The average Bonchev–Trinajstić information content (AvgIpc) is 3.45. The van der Waals surface area contributed by atoms with Crippen LogP contribution in [0.1, 0.15) is 52.9 Å². The van der Waals surface area contributed by atoms with Crippen LogP contribution in [0.3, 0.4) is 0 Å². The van der Waals surface area contributed by atoms with Crippen molar-refractivity contribution in [3.05, 3.63) is 64.7 Å². The van der Waals surface area contributed by atoms with E-state index in [0.29, 0.717) is 16.7 Å². The van der Waals surface area contributed by atoms with Crippen LogP contribution >= 0.6 is 0 Å². The molecule has 1 aliphatic rings. The molecule has 3 rings (SSSR count). The van der Waals surface area contributed by atoms with Crippen molar-refractivity contribution < 1.29 is 13.2 Å². The third-order valence-corrected chi connectivity index (χ3v) is 6.07. The molecule has 2 aromatic rings. The number of carbonyl (C=O) groups is 1. The van der Waals surface area contributed by atoms with Gasteiger partial charge in [-0.15, -0.1) is 0 Å². The number of nitriles is 1. The molecular weight excluding hydrogens is 362 g/mol. The lowest BCUT2D eigenvalue weighted by Crippen LogP contribution is -2.29. The Hall–Kier alpha value is -2.69. The second kappa shape index (κ2) is 7.51. The van der Waals surface area contributed by atoms with Crippen LogP contribution in [0.15, 0.2) is 47.4 Å². The van der Waals surface area contributed by atoms with Crippen molar-refractivity contribution in [1.29, 1.82) is 5.26 Å². The third kappa shape index (κ3) is 4.54. The van der Waals surface area contributed by atoms with E-state index < -0.39 is 10.0 Å². The highest BCUT2D eigenvalue weighted by molar-refractivity contribution is 7.89. The molecule has 0 aliphatic heterocycles. The third-order valence-electron chi connectivity index (χ3n) is 4.55. The first kappa shape index (κ1) is 19.1. The largest absolute Gasteiger partial charge is 0.346 e. The lowest BCUT2D eigenvalue weighted by molar-refractivity contribution is 0.0939. The van der Waals surface area contributed by atoms with Gasteiger partial charge in [-0.1, -0.05) is 18.2 Å². The molecule has 0 bridgehead atoms. The van der Waals surface area contributed by atoms with Gasteiger partial charge in [0.15, 0.2) is 0 Å². The van der Waals surface area contributed by atoms with Gasteiger partial charge in [-0.25, -0.2) is 13.1 Å². The predicted octanol–water partition coefficient (Wildman–Crippen LogP) is 2.80. The fraction of sp³-hybridized carbons (Fsp3) is 0.300. The molecule has 0 radical (unpaired) electrons. The molecule has 1 unspecified atom stereocenters. The molecule has 1 amide bonds. The Morgan fingerprint density at radius 1 is 1.19 bits per heavy atom. The van der Waals surface area contributed by atoms with E-state index in [0.717, 1.165) is 18.4 Å². The lowest BCUT2D eigenvalue weighted by atomic mass is 10.0. The SMILES string of the molecule is Cc1ccc(S(=O)(=O)NC2CC2)cc1C(=O)NC(C)c1ccc(C#N)cc1. The Balaban J connectivity index is 1.79. The van der Waals surface area contributed by atoms with Gasteiger partial charge in [-0.3, -0.25) is 4.79 Å². The molecule has 0 heterocycles. The summed E-state index contributed by atoms with van der Waals surface area (Å²) in [4.78, 5) is 12.8. The summed E-state index contributed by atoms with van der Waals surface area (Å²) >= 11 is 0. The van der Waals surface area contributed by atoms with Crippen LogP contribution in [0, 0.1) is 18.3 Å². The molecule has 1 aliphatic carbocycles. The van der Waals surface area contributed by atoms with Crippen LogP contribution in [-0.4, -0.2) is 20.4 Å². The topological polar surface area (TPSA) is 99.1 Å². The van der Waals surface area contributed by atoms with Crippen LogP contribution in [0.4, 0.5) is 0 Å². The monoisotopic (exact) mass is 383 g/mol. The van der Waals surface area contributed by atoms with E-state index >= 15 is 0 Å². The van der Waals surface area contributed by atoms with E-state index in [1.54, 1.807) is 37.3 Å². The second-order valence-electron chi connectivity index (χ2n) is 6.80. The zero-order valence-electron chi connectivity index (χ0n) is 15.2. The Bertz CT molecular complexity index is 1000.